The number of nitrogens with one attached hydrogen (secondary N) is 1. The number of aromatic nitrogens is 2. The van der Waals surface area contributed by atoms with E-state index in [2.05, 4.69) is 25.9 Å². The molecule has 1 amide bonds. The molecule has 0 unspecified atom stereocenters. The largest absolute Gasteiger partial charge is 0.496 e. The van der Waals surface area contributed by atoms with Crippen LogP contribution < -0.4 is 4.74 Å². The number of carbonyl (C=O) groups excluding carboxylic acids is 1. The summed E-state index contributed by atoms with van der Waals surface area (Å²) in [5.74, 6) is 0.505. The van der Waals surface area contributed by atoms with Crippen molar-refractivity contribution in [3.63, 3.8) is 0 Å². The van der Waals surface area contributed by atoms with Crippen LogP contribution in [0.2, 0.25) is 0 Å². The van der Waals surface area contributed by atoms with Crippen LogP contribution in [0.1, 0.15) is 45.2 Å². The van der Waals surface area contributed by atoms with E-state index in [9.17, 15) is 9.18 Å². The third kappa shape index (κ3) is 4.46. The summed E-state index contributed by atoms with van der Waals surface area (Å²) >= 11 is 3.77. The monoisotopic (exact) mass is 503 g/mol. The lowest BCUT2D eigenvalue weighted by molar-refractivity contribution is 0.0204. The Balaban J connectivity index is 1.63. The number of aromatic amines is 1. The molecule has 1 aliphatic heterocycles. The zero-order chi connectivity index (χ0) is 23.0. The molecule has 3 heterocycles. The van der Waals surface area contributed by atoms with Crippen LogP contribution in [0, 0.1) is 5.82 Å². The summed E-state index contributed by atoms with van der Waals surface area (Å²) in [5, 5.41) is 0.890. The molecule has 6 nitrogen and oxygen atoms in total. The number of likely N-dealkylation sites (tertiary alicyclic amines) is 1. The quantitative estimate of drug-likeness (QED) is 0.458. The lowest BCUT2D eigenvalue weighted by Gasteiger charge is -2.33. The van der Waals surface area contributed by atoms with Crippen LogP contribution in [0.3, 0.4) is 0 Å². The third-order valence-electron chi connectivity index (χ3n) is 5.67. The molecular weight excluding hydrogens is 477 g/mol. The van der Waals surface area contributed by atoms with Crippen molar-refractivity contribution in [2.24, 2.45) is 0 Å². The lowest BCUT2D eigenvalue weighted by Crippen LogP contribution is -2.41. The van der Waals surface area contributed by atoms with Gasteiger partial charge in [0.25, 0.3) is 0 Å². The molecule has 0 bridgehead atoms. The lowest BCUT2D eigenvalue weighted by atomic mass is 9.93. The summed E-state index contributed by atoms with van der Waals surface area (Å²) in [6, 6.07) is 6.36. The second kappa shape index (κ2) is 8.73. The van der Waals surface area contributed by atoms with E-state index in [4.69, 9.17) is 9.47 Å². The number of methoxy groups -OCH3 is 1. The molecule has 0 saturated carbocycles. The maximum absolute atomic E-state index is 14.0. The minimum absolute atomic E-state index is 0.236. The van der Waals surface area contributed by atoms with Gasteiger partial charge < -0.3 is 19.4 Å². The Bertz CT molecular complexity index is 1150. The Hall–Kier alpha value is -2.61. The van der Waals surface area contributed by atoms with Gasteiger partial charge in [-0.05, 0) is 79.4 Å². The van der Waals surface area contributed by atoms with Crippen LogP contribution in [-0.2, 0) is 4.74 Å². The van der Waals surface area contributed by atoms with Crippen molar-refractivity contribution >= 4 is 33.1 Å². The van der Waals surface area contributed by atoms with Gasteiger partial charge in [0.1, 0.15) is 22.8 Å². The average Bonchev–Trinajstić information content (AvgIpc) is 3.09. The van der Waals surface area contributed by atoms with Gasteiger partial charge in [-0.2, -0.15) is 0 Å². The molecule has 0 aliphatic carbocycles. The Labute approximate surface area is 195 Å². The fourth-order valence-electron chi connectivity index (χ4n) is 4.17. The number of piperidine rings is 1. The fraction of sp³-hybridized carbons (Fsp3) is 0.417. The van der Waals surface area contributed by atoms with Crippen molar-refractivity contribution in [2.45, 2.75) is 45.1 Å². The highest BCUT2D eigenvalue weighted by Gasteiger charge is 2.30. The second-order valence-electron chi connectivity index (χ2n) is 9.02. The van der Waals surface area contributed by atoms with Crippen LogP contribution in [0.15, 0.2) is 34.9 Å². The molecule has 1 saturated heterocycles. The molecule has 0 radical (unpaired) electrons. The van der Waals surface area contributed by atoms with Gasteiger partial charge in [-0.15, -0.1) is 0 Å². The highest BCUT2D eigenvalue weighted by Crippen LogP contribution is 2.42. The number of hydrogen-bond donors (Lipinski definition) is 1. The summed E-state index contributed by atoms with van der Waals surface area (Å²) in [5.41, 5.74) is 2.77. The van der Waals surface area contributed by atoms with Crippen molar-refractivity contribution in [3.8, 4) is 16.9 Å². The number of carbonyl (C=O) groups is 1. The zero-order valence-electron chi connectivity index (χ0n) is 18.7. The number of pyridine rings is 1. The zero-order valence-corrected chi connectivity index (χ0v) is 20.3. The minimum atomic E-state index is -0.506. The van der Waals surface area contributed by atoms with Gasteiger partial charge in [0.05, 0.1) is 7.11 Å². The van der Waals surface area contributed by atoms with E-state index in [0.29, 0.717) is 24.4 Å². The van der Waals surface area contributed by atoms with E-state index >= 15 is 0 Å². The van der Waals surface area contributed by atoms with E-state index in [1.54, 1.807) is 24.3 Å². The van der Waals surface area contributed by atoms with Gasteiger partial charge in [-0.25, -0.2) is 14.2 Å². The van der Waals surface area contributed by atoms with Crippen molar-refractivity contribution in [1.29, 1.82) is 0 Å². The van der Waals surface area contributed by atoms with E-state index in [1.165, 1.54) is 12.1 Å². The van der Waals surface area contributed by atoms with E-state index in [-0.39, 0.29) is 17.8 Å². The Kier molecular flexibility index (Phi) is 6.16. The van der Waals surface area contributed by atoms with Crippen LogP contribution in [-0.4, -0.2) is 46.8 Å². The maximum atomic E-state index is 14.0. The number of benzene rings is 1. The predicted octanol–water partition coefficient (Wildman–Crippen LogP) is 6.25. The molecule has 0 atom stereocenters. The molecule has 8 heteroatoms. The van der Waals surface area contributed by atoms with Crippen LogP contribution in [0.25, 0.3) is 22.2 Å². The van der Waals surface area contributed by atoms with Gasteiger partial charge >= 0.3 is 6.09 Å². The number of nitrogens with zero attached hydrogens (tertiary/aromatic N) is 2. The number of hydrogen-bond acceptors (Lipinski definition) is 4. The number of rotatable bonds is 3. The third-order valence-corrected chi connectivity index (χ3v) is 6.49. The second-order valence-corrected chi connectivity index (χ2v) is 9.81. The minimum Gasteiger partial charge on any atom is -0.496 e. The maximum Gasteiger partial charge on any atom is 0.410 e. The first kappa shape index (κ1) is 22.6. The molecular formula is C24H27BrFN3O3. The average molecular weight is 504 g/mol. The predicted molar refractivity (Wildman–Crippen MR) is 126 cm³/mol. The summed E-state index contributed by atoms with van der Waals surface area (Å²) < 4.78 is 25.9. The van der Waals surface area contributed by atoms with E-state index in [0.717, 1.165) is 39.6 Å². The van der Waals surface area contributed by atoms with E-state index < -0.39 is 5.60 Å². The molecule has 1 aliphatic rings. The number of halogens is 2. The standard InChI is InChI=1S/C24H27BrFN3O3/c1-24(2,3)32-23(30)29-11-8-14(9-12-29)21-20(25)19-16(7-10-27-22(19)28-21)17-13-15(26)5-6-18(17)31-4/h5-7,10,13-14H,8-9,11-12H2,1-4H3,(H,27,28). The first-order valence-electron chi connectivity index (χ1n) is 10.7. The highest BCUT2D eigenvalue weighted by molar-refractivity contribution is 9.10. The molecule has 1 aromatic carbocycles. The Morgan fingerprint density at radius 1 is 1.22 bits per heavy atom. The molecule has 0 spiro atoms. The highest BCUT2D eigenvalue weighted by atomic mass is 79.9. The van der Waals surface area contributed by atoms with E-state index in [1.807, 2.05) is 26.8 Å². The number of amides is 1. The molecule has 32 heavy (non-hydrogen) atoms. The van der Waals surface area contributed by atoms with Crippen molar-refractivity contribution in [1.82, 2.24) is 14.9 Å². The summed E-state index contributed by atoms with van der Waals surface area (Å²) in [4.78, 5) is 22.1. The smallest absolute Gasteiger partial charge is 0.410 e. The SMILES string of the molecule is COc1ccc(F)cc1-c1ccnc2[nH]c(C3CCN(C(=O)OC(C)(C)C)CC3)c(Br)c12. The van der Waals surface area contributed by atoms with Crippen LogP contribution in [0.5, 0.6) is 5.75 Å². The Morgan fingerprint density at radius 2 is 1.94 bits per heavy atom. The number of H-pyrrole nitrogens is 1. The number of fused-ring (bicyclic) bond motifs is 1. The van der Waals surface area contributed by atoms with Crippen molar-refractivity contribution < 1.29 is 18.7 Å². The first-order chi connectivity index (χ1) is 15.2. The fourth-order valence-corrected chi connectivity index (χ4v) is 4.99. The Morgan fingerprint density at radius 3 is 2.59 bits per heavy atom. The summed E-state index contributed by atoms with van der Waals surface area (Å²) in [7, 11) is 1.57. The van der Waals surface area contributed by atoms with Gasteiger partial charge in [0.2, 0.25) is 0 Å². The summed E-state index contributed by atoms with van der Waals surface area (Å²) in [6.45, 7) is 6.87. The van der Waals surface area contributed by atoms with Gasteiger partial charge in [-0.1, -0.05) is 0 Å². The first-order valence-corrected chi connectivity index (χ1v) is 11.4. The molecule has 170 valence electrons. The molecule has 4 rings (SSSR count). The molecule has 1 fully saturated rings. The topological polar surface area (TPSA) is 67.5 Å². The van der Waals surface area contributed by atoms with Gasteiger partial charge in [0, 0.05) is 46.3 Å². The van der Waals surface area contributed by atoms with Crippen LogP contribution in [0.4, 0.5) is 9.18 Å². The van der Waals surface area contributed by atoms with Crippen LogP contribution >= 0.6 is 15.9 Å². The van der Waals surface area contributed by atoms with Gasteiger partial charge in [0.15, 0.2) is 0 Å². The van der Waals surface area contributed by atoms with Gasteiger partial charge in [-0.3, -0.25) is 0 Å². The number of ether oxygens (including phenoxy) is 2. The van der Waals surface area contributed by atoms with Crippen molar-refractivity contribution in [3.05, 3.63) is 46.4 Å². The molecule has 1 N–H and O–H groups in total. The molecule has 3 aromatic rings. The molecule has 2 aromatic heterocycles. The summed E-state index contributed by atoms with van der Waals surface area (Å²) in [6.07, 6.45) is 3.06. The normalized spacial score (nSPS) is 15.2. The van der Waals surface area contributed by atoms with Crippen molar-refractivity contribution in [2.75, 3.05) is 20.2 Å².